The number of hydrogen-bond donors (Lipinski definition) is 1. The molecule has 0 spiro atoms. The highest BCUT2D eigenvalue weighted by Gasteiger charge is 2.22. The molecular weight excluding hydrogens is 271 g/mol. The van der Waals surface area contributed by atoms with Crippen LogP contribution in [0.4, 0.5) is 10.2 Å². The second-order valence-corrected chi connectivity index (χ2v) is 4.65. The zero-order valence-corrected chi connectivity index (χ0v) is 12.2. The number of nitrogens with zero attached hydrogens (tertiary/aromatic N) is 3. The summed E-state index contributed by atoms with van der Waals surface area (Å²) in [5, 5.41) is 2.83. The van der Waals surface area contributed by atoms with Gasteiger partial charge in [-0.2, -0.15) is 0 Å². The van der Waals surface area contributed by atoms with Crippen molar-refractivity contribution in [2.45, 2.75) is 13.0 Å². The minimum Gasteiger partial charge on any atom is -0.372 e. The molecule has 5 nitrogen and oxygen atoms in total. The van der Waals surface area contributed by atoms with E-state index in [-0.39, 0.29) is 17.4 Å². The van der Waals surface area contributed by atoms with E-state index in [4.69, 9.17) is 0 Å². The Morgan fingerprint density at radius 2 is 2.05 bits per heavy atom. The summed E-state index contributed by atoms with van der Waals surface area (Å²) in [5.41, 5.74) is 0.679. The maximum absolute atomic E-state index is 13.8. The molecule has 1 N–H and O–H groups in total. The second-order valence-electron chi connectivity index (χ2n) is 4.65. The fourth-order valence-electron chi connectivity index (χ4n) is 1.97. The van der Waals surface area contributed by atoms with Gasteiger partial charge in [-0.1, -0.05) is 18.2 Å². The van der Waals surface area contributed by atoms with Gasteiger partial charge in [0.25, 0.3) is 5.91 Å². The molecule has 1 aromatic heterocycles. The molecule has 0 saturated carbocycles. The van der Waals surface area contributed by atoms with E-state index in [2.05, 4.69) is 15.3 Å². The van der Waals surface area contributed by atoms with Gasteiger partial charge in [-0.05, 0) is 13.0 Å². The third kappa shape index (κ3) is 3.16. The van der Waals surface area contributed by atoms with Crippen LogP contribution in [0.15, 0.2) is 36.7 Å². The number of rotatable bonds is 4. The van der Waals surface area contributed by atoms with Gasteiger partial charge in [-0.3, -0.25) is 9.78 Å². The summed E-state index contributed by atoms with van der Waals surface area (Å²) in [7, 11) is 3.32. The average Bonchev–Trinajstić information content (AvgIpc) is 2.53. The molecule has 1 atom stereocenters. The van der Waals surface area contributed by atoms with Crippen molar-refractivity contribution >= 4 is 11.7 Å². The normalized spacial score (nSPS) is 11.8. The van der Waals surface area contributed by atoms with Gasteiger partial charge in [0.2, 0.25) is 0 Å². The lowest BCUT2D eigenvalue weighted by Crippen LogP contribution is -2.31. The molecule has 2 aromatic rings. The molecule has 21 heavy (non-hydrogen) atoms. The monoisotopic (exact) mass is 288 g/mol. The van der Waals surface area contributed by atoms with E-state index in [1.807, 2.05) is 0 Å². The van der Waals surface area contributed by atoms with E-state index in [0.29, 0.717) is 11.4 Å². The van der Waals surface area contributed by atoms with Gasteiger partial charge in [0.05, 0.1) is 18.4 Å². The molecular formula is C15H17FN4O. The lowest BCUT2D eigenvalue weighted by Gasteiger charge is -2.25. The second kappa shape index (κ2) is 6.30. The molecule has 1 aromatic carbocycles. The average molecular weight is 288 g/mol. The standard InChI is InChI=1S/C15H17FN4O/c1-10(11-6-4-5-7-12(11)16)20(3)15(21)13-8-18-9-14(17-2)19-13/h4-10H,1-3H3,(H,17,19). The molecule has 0 fully saturated rings. The molecule has 2 rings (SSSR count). The molecule has 1 unspecified atom stereocenters. The van der Waals surface area contributed by atoms with Crippen molar-refractivity contribution in [3.05, 3.63) is 53.7 Å². The topological polar surface area (TPSA) is 58.1 Å². The third-order valence-corrected chi connectivity index (χ3v) is 3.37. The first-order valence-electron chi connectivity index (χ1n) is 6.56. The summed E-state index contributed by atoms with van der Waals surface area (Å²) in [6, 6.07) is 6.01. The number of carbonyl (C=O) groups is 1. The highest BCUT2D eigenvalue weighted by molar-refractivity contribution is 5.92. The molecule has 0 aliphatic carbocycles. The van der Waals surface area contributed by atoms with Gasteiger partial charge in [-0.15, -0.1) is 0 Å². The lowest BCUT2D eigenvalue weighted by molar-refractivity contribution is 0.0734. The Hall–Kier alpha value is -2.50. The Labute approximate surface area is 122 Å². The number of halogens is 1. The number of nitrogens with one attached hydrogen (secondary N) is 1. The first-order chi connectivity index (χ1) is 10.0. The predicted octanol–water partition coefficient (Wildman–Crippen LogP) is 2.49. The first kappa shape index (κ1) is 14.9. The van der Waals surface area contributed by atoms with E-state index in [1.54, 1.807) is 39.2 Å². The molecule has 110 valence electrons. The Bertz CT molecular complexity index is 647. The van der Waals surface area contributed by atoms with Crippen LogP contribution in [0.2, 0.25) is 0 Å². The molecule has 0 radical (unpaired) electrons. The lowest BCUT2D eigenvalue weighted by atomic mass is 10.1. The minimum absolute atomic E-state index is 0.215. The van der Waals surface area contributed by atoms with Gasteiger partial charge in [0, 0.05) is 19.7 Å². The highest BCUT2D eigenvalue weighted by Crippen LogP contribution is 2.22. The fourth-order valence-corrected chi connectivity index (χ4v) is 1.97. The maximum atomic E-state index is 13.8. The number of hydrogen-bond acceptors (Lipinski definition) is 4. The van der Waals surface area contributed by atoms with Crippen molar-refractivity contribution in [1.29, 1.82) is 0 Å². The summed E-state index contributed by atoms with van der Waals surface area (Å²) >= 11 is 0. The van der Waals surface area contributed by atoms with Gasteiger partial charge in [-0.25, -0.2) is 9.37 Å². The van der Waals surface area contributed by atoms with Crippen LogP contribution in [0.3, 0.4) is 0 Å². The molecule has 0 aliphatic rings. The maximum Gasteiger partial charge on any atom is 0.274 e. The minimum atomic E-state index is -0.404. The van der Waals surface area contributed by atoms with Crippen molar-refractivity contribution in [2.75, 3.05) is 19.4 Å². The Morgan fingerprint density at radius 1 is 1.33 bits per heavy atom. The van der Waals surface area contributed by atoms with Gasteiger partial charge >= 0.3 is 0 Å². The van der Waals surface area contributed by atoms with Crippen LogP contribution in [0.1, 0.15) is 29.0 Å². The van der Waals surface area contributed by atoms with Crippen LogP contribution in [0, 0.1) is 5.82 Å². The van der Waals surface area contributed by atoms with Crippen LogP contribution in [-0.2, 0) is 0 Å². The van der Waals surface area contributed by atoms with Gasteiger partial charge < -0.3 is 10.2 Å². The van der Waals surface area contributed by atoms with Crippen molar-refractivity contribution in [3.8, 4) is 0 Å². The van der Waals surface area contributed by atoms with E-state index in [9.17, 15) is 9.18 Å². The van der Waals surface area contributed by atoms with Crippen molar-refractivity contribution < 1.29 is 9.18 Å². The zero-order chi connectivity index (χ0) is 15.4. The van der Waals surface area contributed by atoms with Crippen LogP contribution < -0.4 is 5.32 Å². The number of anilines is 1. The van der Waals surface area contributed by atoms with Crippen molar-refractivity contribution in [2.24, 2.45) is 0 Å². The number of aromatic nitrogens is 2. The van der Waals surface area contributed by atoms with Crippen LogP contribution in [-0.4, -0.2) is 34.9 Å². The van der Waals surface area contributed by atoms with Crippen LogP contribution in [0.25, 0.3) is 0 Å². The van der Waals surface area contributed by atoms with E-state index < -0.39 is 6.04 Å². The number of carbonyl (C=O) groups excluding carboxylic acids is 1. The Balaban J connectivity index is 2.24. The summed E-state index contributed by atoms with van der Waals surface area (Å²) < 4.78 is 13.8. The third-order valence-electron chi connectivity index (χ3n) is 3.37. The van der Waals surface area contributed by atoms with Crippen molar-refractivity contribution in [3.63, 3.8) is 0 Å². The quantitative estimate of drug-likeness (QED) is 0.939. The Kier molecular flexibility index (Phi) is 4.47. The molecule has 0 aliphatic heterocycles. The Morgan fingerprint density at radius 3 is 2.71 bits per heavy atom. The molecule has 6 heteroatoms. The van der Waals surface area contributed by atoms with Crippen LogP contribution in [0.5, 0.6) is 0 Å². The predicted molar refractivity (Wildman–Crippen MR) is 78.5 cm³/mol. The van der Waals surface area contributed by atoms with Crippen LogP contribution >= 0.6 is 0 Å². The van der Waals surface area contributed by atoms with Gasteiger partial charge in [0.15, 0.2) is 0 Å². The van der Waals surface area contributed by atoms with Gasteiger partial charge in [0.1, 0.15) is 17.3 Å². The fraction of sp³-hybridized carbons (Fsp3) is 0.267. The summed E-state index contributed by atoms with van der Waals surface area (Å²) in [4.78, 5) is 22.0. The summed E-state index contributed by atoms with van der Waals surface area (Å²) in [6.45, 7) is 1.77. The SMILES string of the molecule is CNc1cncc(C(=O)N(C)C(C)c2ccccc2F)n1. The number of amides is 1. The molecule has 0 bridgehead atoms. The molecule has 1 amide bonds. The molecule has 1 heterocycles. The van der Waals surface area contributed by atoms with Crippen molar-refractivity contribution in [1.82, 2.24) is 14.9 Å². The summed E-state index contributed by atoms with van der Waals surface area (Å²) in [6.07, 6.45) is 2.92. The highest BCUT2D eigenvalue weighted by atomic mass is 19.1. The first-order valence-corrected chi connectivity index (χ1v) is 6.56. The summed E-state index contributed by atoms with van der Waals surface area (Å²) in [5.74, 6) is -0.136. The smallest absolute Gasteiger partial charge is 0.274 e. The van der Waals surface area contributed by atoms with E-state index >= 15 is 0 Å². The molecule has 0 saturated heterocycles. The van der Waals surface area contributed by atoms with E-state index in [1.165, 1.54) is 23.4 Å². The number of benzene rings is 1. The van der Waals surface area contributed by atoms with E-state index in [0.717, 1.165) is 0 Å². The largest absolute Gasteiger partial charge is 0.372 e. The zero-order valence-electron chi connectivity index (χ0n) is 12.2.